The zero-order chi connectivity index (χ0) is 18.8. The molecule has 2 aromatic carbocycles. The van der Waals surface area contributed by atoms with Crippen molar-refractivity contribution in [1.82, 2.24) is 4.31 Å². The van der Waals surface area contributed by atoms with E-state index in [0.29, 0.717) is 35.7 Å². The molecule has 1 aliphatic rings. The fourth-order valence-electron chi connectivity index (χ4n) is 2.85. The molecule has 0 atom stereocenters. The molecule has 1 fully saturated rings. The number of hydrogen-bond donors (Lipinski definition) is 0. The first-order valence-corrected chi connectivity index (χ1v) is 14.3. The van der Waals surface area contributed by atoms with E-state index in [1.165, 1.54) is 4.31 Å². The van der Waals surface area contributed by atoms with Crippen LogP contribution in [0.2, 0.25) is 4.82 Å². The molecule has 0 aliphatic carbocycles. The second kappa shape index (κ2) is 7.82. The van der Waals surface area contributed by atoms with Crippen molar-refractivity contribution in [1.29, 1.82) is 0 Å². The van der Waals surface area contributed by atoms with Crippen molar-refractivity contribution in [3.05, 3.63) is 60.2 Å². The molecule has 0 unspecified atom stereocenters. The Bertz CT molecular complexity index is 950. The van der Waals surface area contributed by atoms with Crippen LogP contribution in [0.15, 0.2) is 64.4 Å². The van der Waals surface area contributed by atoms with E-state index in [1.54, 1.807) is 54.6 Å². The SMILES string of the molecule is Cc1ccc(S(=O)(=O)N2CCC([Se]S(=O)(=O)c3ccccc3)CC2)cc1. The Balaban J connectivity index is 1.65. The van der Waals surface area contributed by atoms with Crippen LogP contribution < -0.4 is 0 Å². The molecule has 8 heteroatoms. The van der Waals surface area contributed by atoms with Gasteiger partial charge in [0.2, 0.25) is 0 Å². The van der Waals surface area contributed by atoms with E-state index < -0.39 is 32.1 Å². The van der Waals surface area contributed by atoms with E-state index in [4.69, 9.17) is 0 Å². The number of aryl methyl sites for hydroxylation is 1. The van der Waals surface area contributed by atoms with Crippen LogP contribution in [0.5, 0.6) is 0 Å². The molecule has 2 aromatic rings. The van der Waals surface area contributed by atoms with E-state index in [2.05, 4.69) is 0 Å². The normalized spacial score (nSPS) is 17.3. The molecule has 1 aliphatic heterocycles. The quantitative estimate of drug-likeness (QED) is 0.646. The Kier molecular flexibility index (Phi) is 5.89. The minimum atomic E-state index is -3.51. The van der Waals surface area contributed by atoms with Gasteiger partial charge in [-0.2, -0.15) is 0 Å². The van der Waals surface area contributed by atoms with Gasteiger partial charge in [-0.3, -0.25) is 0 Å². The van der Waals surface area contributed by atoms with Gasteiger partial charge >= 0.3 is 161 Å². The summed E-state index contributed by atoms with van der Waals surface area (Å²) in [6.45, 7) is 2.65. The third-order valence-corrected chi connectivity index (χ3v) is 13.2. The number of rotatable bonds is 5. The Hall–Kier alpha value is -1.18. The molecule has 5 nitrogen and oxygen atoms in total. The zero-order valence-corrected chi connectivity index (χ0v) is 17.8. The van der Waals surface area contributed by atoms with Crippen LogP contribution in [0, 0.1) is 6.92 Å². The molecular weight excluding hydrogens is 437 g/mol. The Morgan fingerprint density at radius 2 is 1.42 bits per heavy atom. The van der Waals surface area contributed by atoms with E-state index >= 15 is 0 Å². The molecule has 0 bridgehead atoms. The van der Waals surface area contributed by atoms with Crippen molar-refractivity contribution in [2.24, 2.45) is 0 Å². The summed E-state index contributed by atoms with van der Waals surface area (Å²) in [5, 5.41) is 0. The van der Waals surface area contributed by atoms with Crippen molar-refractivity contribution in [2.75, 3.05) is 13.1 Å². The maximum absolute atomic E-state index is 12.7. The maximum atomic E-state index is 12.7. The van der Waals surface area contributed by atoms with E-state index in [9.17, 15) is 16.8 Å². The molecule has 0 spiro atoms. The fraction of sp³-hybridized carbons (Fsp3) is 0.333. The number of sulfonamides is 1. The second-order valence-electron chi connectivity index (χ2n) is 6.28. The average molecular weight is 458 g/mol. The number of nitrogens with zero attached hydrogens (tertiary/aromatic N) is 1. The van der Waals surface area contributed by atoms with Crippen molar-refractivity contribution in [3.63, 3.8) is 0 Å². The van der Waals surface area contributed by atoms with Gasteiger partial charge < -0.3 is 0 Å². The minimum absolute atomic E-state index is 0.0390. The van der Waals surface area contributed by atoms with E-state index in [0.717, 1.165) is 5.56 Å². The summed E-state index contributed by atoms with van der Waals surface area (Å²) >= 11 is -0.589. The van der Waals surface area contributed by atoms with Crippen LogP contribution >= 0.6 is 0 Å². The van der Waals surface area contributed by atoms with Gasteiger partial charge in [-0.05, 0) is 0 Å². The third kappa shape index (κ3) is 4.38. The molecule has 0 aromatic heterocycles. The van der Waals surface area contributed by atoms with Gasteiger partial charge in [0, 0.05) is 0 Å². The number of benzene rings is 2. The Morgan fingerprint density at radius 1 is 0.846 bits per heavy atom. The van der Waals surface area contributed by atoms with Crippen LogP contribution in [-0.4, -0.2) is 48.1 Å². The first-order valence-electron chi connectivity index (χ1n) is 8.34. The summed E-state index contributed by atoms with van der Waals surface area (Å²) in [4.78, 5) is 0.691. The zero-order valence-electron chi connectivity index (χ0n) is 14.4. The number of hydrogen-bond acceptors (Lipinski definition) is 4. The molecule has 0 saturated carbocycles. The molecule has 1 heterocycles. The molecule has 140 valence electrons. The summed E-state index contributed by atoms with van der Waals surface area (Å²) in [5.41, 5.74) is 1.01. The topological polar surface area (TPSA) is 71.5 Å². The molecular formula is C18H21NO4S2Se. The third-order valence-electron chi connectivity index (χ3n) is 4.35. The molecule has 26 heavy (non-hydrogen) atoms. The van der Waals surface area contributed by atoms with Crippen molar-refractivity contribution >= 4 is 32.1 Å². The van der Waals surface area contributed by atoms with E-state index in [1.807, 2.05) is 6.92 Å². The van der Waals surface area contributed by atoms with Gasteiger partial charge in [-0.15, -0.1) is 0 Å². The molecule has 0 amide bonds. The van der Waals surface area contributed by atoms with Crippen LogP contribution in [-0.2, 0) is 18.3 Å². The molecule has 0 N–H and O–H groups in total. The Labute approximate surface area is 160 Å². The Morgan fingerprint density at radius 3 is 2.00 bits per heavy atom. The monoisotopic (exact) mass is 459 g/mol. The average Bonchev–Trinajstić information content (AvgIpc) is 2.63. The van der Waals surface area contributed by atoms with Gasteiger partial charge in [0.05, 0.1) is 0 Å². The predicted octanol–water partition coefficient (Wildman–Crippen LogP) is 2.66. The summed E-state index contributed by atoms with van der Waals surface area (Å²) < 4.78 is 52.0. The first kappa shape index (κ1) is 19.6. The first-order chi connectivity index (χ1) is 12.3. The van der Waals surface area contributed by atoms with Gasteiger partial charge in [0.1, 0.15) is 0 Å². The van der Waals surface area contributed by atoms with Crippen LogP contribution in [0.1, 0.15) is 18.4 Å². The van der Waals surface area contributed by atoms with Crippen molar-refractivity contribution in [2.45, 2.75) is 34.4 Å². The molecule has 0 radical (unpaired) electrons. The summed E-state index contributed by atoms with van der Waals surface area (Å²) in [5.74, 6) is 0. The van der Waals surface area contributed by atoms with Gasteiger partial charge in [0.25, 0.3) is 0 Å². The van der Waals surface area contributed by atoms with Gasteiger partial charge in [-0.25, -0.2) is 0 Å². The van der Waals surface area contributed by atoms with Gasteiger partial charge in [-0.1, -0.05) is 0 Å². The van der Waals surface area contributed by atoms with Crippen molar-refractivity contribution in [3.8, 4) is 0 Å². The van der Waals surface area contributed by atoms with Crippen LogP contribution in [0.4, 0.5) is 0 Å². The second-order valence-corrected chi connectivity index (χ2v) is 15.2. The van der Waals surface area contributed by atoms with Crippen LogP contribution in [0.25, 0.3) is 0 Å². The molecule has 1 saturated heterocycles. The standard InChI is InChI=1S/C18H21NO4S2Se/c1-15-7-9-16(10-8-15)24(20,21)19-13-11-18(12-14-19)26-25(22,23)17-5-3-2-4-6-17/h2-10,18H,11-14H2,1H3. The van der Waals surface area contributed by atoms with Crippen molar-refractivity contribution < 1.29 is 16.8 Å². The fourth-order valence-corrected chi connectivity index (χ4v) is 10.8. The summed E-state index contributed by atoms with van der Waals surface area (Å²) in [6.07, 6.45) is 1.16. The van der Waals surface area contributed by atoms with Gasteiger partial charge in [0.15, 0.2) is 0 Å². The van der Waals surface area contributed by atoms with E-state index in [-0.39, 0.29) is 4.82 Å². The predicted molar refractivity (Wildman–Crippen MR) is 102 cm³/mol. The molecule has 3 rings (SSSR count). The number of piperidine rings is 1. The summed E-state index contributed by atoms with van der Waals surface area (Å²) in [7, 11) is -6.78. The summed E-state index contributed by atoms with van der Waals surface area (Å²) in [6, 6.07) is 15.3. The van der Waals surface area contributed by atoms with Crippen LogP contribution in [0.3, 0.4) is 0 Å².